The lowest BCUT2D eigenvalue weighted by Crippen LogP contribution is -2.50. The fourth-order valence-corrected chi connectivity index (χ4v) is 4.66. The first kappa shape index (κ1) is 23.3. The van der Waals surface area contributed by atoms with Crippen LogP contribution in [-0.2, 0) is 11.2 Å². The summed E-state index contributed by atoms with van der Waals surface area (Å²) in [5.41, 5.74) is 2.41. The van der Waals surface area contributed by atoms with Crippen molar-refractivity contribution < 1.29 is 14.1 Å². The molecule has 4 rings (SSSR count). The van der Waals surface area contributed by atoms with E-state index in [1.807, 2.05) is 23.1 Å². The molecular weight excluding hydrogens is 461 g/mol. The van der Waals surface area contributed by atoms with Crippen molar-refractivity contribution in [3.63, 3.8) is 0 Å². The Bertz CT molecular complexity index is 1120. The maximum absolute atomic E-state index is 13.3. The smallest absolute Gasteiger partial charge is 0.259 e. The molecule has 0 N–H and O–H groups in total. The molecule has 6 nitrogen and oxygen atoms in total. The monoisotopic (exact) mass is 485 g/mol. The van der Waals surface area contributed by atoms with Gasteiger partial charge in [0.1, 0.15) is 17.0 Å². The average Bonchev–Trinajstić information content (AvgIpc) is 3.20. The van der Waals surface area contributed by atoms with E-state index in [1.165, 1.54) is 5.56 Å². The van der Waals surface area contributed by atoms with Gasteiger partial charge in [0.15, 0.2) is 0 Å². The fourth-order valence-electron chi connectivity index (χ4n) is 4.08. The maximum atomic E-state index is 13.3. The molecule has 1 fully saturated rings. The van der Waals surface area contributed by atoms with Gasteiger partial charge in [-0.3, -0.25) is 9.59 Å². The molecule has 0 bridgehead atoms. The van der Waals surface area contributed by atoms with Gasteiger partial charge in [0.25, 0.3) is 5.91 Å². The van der Waals surface area contributed by atoms with Gasteiger partial charge in [-0.05, 0) is 37.5 Å². The molecule has 172 valence electrons. The number of rotatable bonds is 6. The van der Waals surface area contributed by atoms with E-state index in [4.69, 9.17) is 27.7 Å². The van der Waals surface area contributed by atoms with Gasteiger partial charge < -0.3 is 14.3 Å². The summed E-state index contributed by atoms with van der Waals surface area (Å²) in [5, 5.41) is 4.87. The third-order valence-corrected chi connectivity index (χ3v) is 6.52. The third kappa shape index (κ3) is 5.23. The van der Waals surface area contributed by atoms with E-state index in [-0.39, 0.29) is 11.8 Å². The van der Waals surface area contributed by atoms with Crippen LogP contribution in [0.4, 0.5) is 0 Å². The predicted octanol–water partition coefficient (Wildman–Crippen LogP) is 5.26. The zero-order valence-corrected chi connectivity index (χ0v) is 19.9. The largest absolute Gasteiger partial charge is 0.360 e. The molecule has 1 aliphatic heterocycles. The first-order valence-electron chi connectivity index (χ1n) is 11.0. The van der Waals surface area contributed by atoms with Crippen molar-refractivity contribution >= 4 is 35.0 Å². The van der Waals surface area contributed by atoms with Gasteiger partial charge >= 0.3 is 0 Å². The van der Waals surface area contributed by atoms with Crippen molar-refractivity contribution in [3.8, 4) is 11.3 Å². The molecule has 0 saturated carbocycles. The second-order valence-electron chi connectivity index (χ2n) is 8.07. The fraction of sp³-hybridized carbons (Fsp3) is 0.320. The standard InChI is InChI=1S/C25H25Cl2N3O3/c1-17-22(24(28-33-17)23-19(26)10-6-11-20(23)27)25(32)30-15-13-29(14-16-30)21(31)12-5-9-18-7-3-2-4-8-18/h2-4,6-8,10-11H,5,9,12-16H2,1H3. The van der Waals surface area contributed by atoms with Gasteiger partial charge in [-0.1, -0.05) is 64.8 Å². The highest BCUT2D eigenvalue weighted by atomic mass is 35.5. The molecule has 3 aromatic rings. The van der Waals surface area contributed by atoms with Crippen LogP contribution in [0.25, 0.3) is 11.3 Å². The Labute approximate surface area is 203 Å². The number of benzene rings is 2. The summed E-state index contributed by atoms with van der Waals surface area (Å²) < 4.78 is 5.33. The van der Waals surface area contributed by atoms with Crippen molar-refractivity contribution in [1.29, 1.82) is 0 Å². The number of hydrogen-bond donors (Lipinski definition) is 0. The zero-order valence-electron chi connectivity index (χ0n) is 18.4. The highest BCUT2D eigenvalue weighted by Gasteiger charge is 2.31. The summed E-state index contributed by atoms with van der Waals surface area (Å²) in [5.74, 6) is 0.337. The third-order valence-electron chi connectivity index (χ3n) is 5.89. The molecule has 8 heteroatoms. The van der Waals surface area contributed by atoms with Crippen LogP contribution in [0, 0.1) is 6.92 Å². The van der Waals surface area contributed by atoms with E-state index >= 15 is 0 Å². The highest BCUT2D eigenvalue weighted by molar-refractivity contribution is 6.39. The van der Waals surface area contributed by atoms with E-state index in [1.54, 1.807) is 30.0 Å². The highest BCUT2D eigenvalue weighted by Crippen LogP contribution is 2.37. The van der Waals surface area contributed by atoms with Crippen LogP contribution in [0.2, 0.25) is 10.0 Å². The number of carbonyl (C=O) groups excluding carboxylic acids is 2. The molecule has 0 unspecified atom stereocenters. The van der Waals surface area contributed by atoms with E-state index in [0.717, 1.165) is 12.8 Å². The van der Waals surface area contributed by atoms with Gasteiger partial charge in [-0.25, -0.2) is 0 Å². The number of nitrogens with zero attached hydrogens (tertiary/aromatic N) is 3. The molecule has 33 heavy (non-hydrogen) atoms. The maximum Gasteiger partial charge on any atom is 0.259 e. The minimum atomic E-state index is -0.198. The topological polar surface area (TPSA) is 66.7 Å². The van der Waals surface area contributed by atoms with Crippen molar-refractivity contribution in [2.24, 2.45) is 0 Å². The van der Waals surface area contributed by atoms with E-state index < -0.39 is 0 Å². The number of piperazine rings is 1. The van der Waals surface area contributed by atoms with E-state index in [0.29, 0.717) is 65.2 Å². The van der Waals surface area contributed by atoms with Crippen LogP contribution in [-0.4, -0.2) is 52.9 Å². The average molecular weight is 486 g/mol. The molecule has 1 saturated heterocycles. The second-order valence-corrected chi connectivity index (χ2v) is 8.89. The summed E-state index contributed by atoms with van der Waals surface area (Å²) >= 11 is 12.7. The molecule has 0 spiro atoms. The van der Waals surface area contributed by atoms with Crippen LogP contribution in [0.3, 0.4) is 0 Å². The summed E-state index contributed by atoms with van der Waals surface area (Å²) in [6.07, 6.45) is 2.19. The molecule has 0 aliphatic carbocycles. The normalized spacial score (nSPS) is 13.9. The first-order valence-corrected chi connectivity index (χ1v) is 11.7. The Morgan fingerprint density at radius 2 is 1.58 bits per heavy atom. The number of aromatic nitrogens is 1. The first-order chi connectivity index (χ1) is 16.0. The predicted molar refractivity (Wildman–Crippen MR) is 129 cm³/mol. The van der Waals surface area contributed by atoms with Crippen LogP contribution < -0.4 is 0 Å². The molecule has 0 radical (unpaired) electrons. The van der Waals surface area contributed by atoms with Crippen molar-refractivity contribution in [2.75, 3.05) is 26.2 Å². The number of halogens is 2. The Morgan fingerprint density at radius 3 is 2.24 bits per heavy atom. The number of carbonyl (C=O) groups is 2. The number of hydrogen-bond acceptors (Lipinski definition) is 4. The number of aryl methyl sites for hydroxylation is 2. The summed E-state index contributed by atoms with van der Waals surface area (Å²) in [4.78, 5) is 29.5. The molecule has 1 aromatic heterocycles. The molecule has 2 aromatic carbocycles. The van der Waals surface area contributed by atoms with E-state index in [9.17, 15) is 9.59 Å². The lowest BCUT2D eigenvalue weighted by molar-refractivity contribution is -0.132. The Balaban J connectivity index is 1.37. The van der Waals surface area contributed by atoms with Crippen molar-refractivity contribution in [1.82, 2.24) is 15.0 Å². The minimum absolute atomic E-state index is 0.128. The van der Waals surface area contributed by atoms with Crippen LogP contribution in [0.5, 0.6) is 0 Å². The zero-order chi connectivity index (χ0) is 23.4. The van der Waals surface area contributed by atoms with Gasteiger partial charge in [-0.2, -0.15) is 0 Å². The van der Waals surface area contributed by atoms with Crippen LogP contribution in [0.15, 0.2) is 53.1 Å². The van der Waals surface area contributed by atoms with Gasteiger partial charge in [0.2, 0.25) is 5.91 Å². The molecule has 2 heterocycles. The Morgan fingerprint density at radius 1 is 0.939 bits per heavy atom. The van der Waals surface area contributed by atoms with Crippen molar-refractivity contribution in [3.05, 3.63) is 75.5 Å². The van der Waals surface area contributed by atoms with E-state index in [2.05, 4.69) is 17.3 Å². The number of amides is 2. The Hall–Kier alpha value is -2.83. The SMILES string of the molecule is Cc1onc(-c2c(Cl)cccc2Cl)c1C(=O)N1CCN(C(=O)CCCc2ccccc2)CC1. The quantitative estimate of drug-likeness (QED) is 0.477. The lowest BCUT2D eigenvalue weighted by atomic mass is 10.0. The Kier molecular flexibility index (Phi) is 7.36. The van der Waals surface area contributed by atoms with Crippen LogP contribution in [0.1, 0.15) is 34.5 Å². The minimum Gasteiger partial charge on any atom is -0.360 e. The van der Waals surface area contributed by atoms with Gasteiger partial charge in [0.05, 0.1) is 10.0 Å². The molecular formula is C25H25Cl2N3O3. The molecule has 1 aliphatic rings. The van der Waals surface area contributed by atoms with Crippen molar-refractivity contribution in [2.45, 2.75) is 26.2 Å². The molecule has 2 amide bonds. The summed E-state index contributed by atoms with van der Waals surface area (Å²) in [7, 11) is 0. The summed E-state index contributed by atoms with van der Waals surface area (Å²) in [6.45, 7) is 3.60. The van der Waals surface area contributed by atoms with Gasteiger partial charge in [-0.15, -0.1) is 0 Å². The molecule has 0 atom stereocenters. The van der Waals surface area contributed by atoms with Gasteiger partial charge in [0, 0.05) is 38.2 Å². The lowest BCUT2D eigenvalue weighted by Gasteiger charge is -2.35. The second kappa shape index (κ2) is 10.4. The summed E-state index contributed by atoms with van der Waals surface area (Å²) in [6, 6.07) is 15.3. The van der Waals surface area contributed by atoms with Crippen LogP contribution >= 0.6 is 23.2 Å².